The first-order valence-electron chi connectivity index (χ1n) is 8.48. The van der Waals surface area contributed by atoms with Crippen molar-refractivity contribution in [2.75, 3.05) is 6.61 Å². The van der Waals surface area contributed by atoms with Gasteiger partial charge in [0.2, 0.25) is 0 Å². The van der Waals surface area contributed by atoms with Crippen LogP contribution in [-0.2, 0) is 0 Å². The first-order valence-corrected chi connectivity index (χ1v) is 8.86. The van der Waals surface area contributed by atoms with Crippen LogP contribution in [0, 0.1) is 6.92 Å². The predicted molar refractivity (Wildman–Crippen MR) is 101 cm³/mol. The van der Waals surface area contributed by atoms with Gasteiger partial charge in [-0.2, -0.15) is 0 Å². The number of carbonyl (C=O) groups excluding carboxylic acids is 1. The molecule has 4 heteroatoms. The standard InChI is InChI=1S/C21H21ClO3/c1-14-10-11-20(18(12-23)21(14)24)25-13-15-6-2-3-7-16(15)17-8-4-5-9-19(17)22/h4-5,8-12,24H,2-3,6-7,13H2,1H3. The second-order valence-electron chi connectivity index (χ2n) is 6.32. The monoisotopic (exact) mass is 356 g/mol. The predicted octanol–water partition coefficient (Wildman–Crippen LogP) is 5.57. The molecule has 25 heavy (non-hydrogen) atoms. The Morgan fingerprint density at radius 3 is 2.68 bits per heavy atom. The highest BCUT2D eigenvalue weighted by atomic mass is 35.5. The van der Waals surface area contributed by atoms with Crippen LogP contribution in [0.25, 0.3) is 5.57 Å². The average molecular weight is 357 g/mol. The van der Waals surface area contributed by atoms with Crippen LogP contribution in [0.3, 0.4) is 0 Å². The number of aromatic hydroxyl groups is 1. The van der Waals surface area contributed by atoms with E-state index in [2.05, 4.69) is 0 Å². The molecule has 0 spiro atoms. The molecule has 3 rings (SSSR count). The van der Waals surface area contributed by atoms with Crippen LogP contribution < -0.4 is 4.74 Å². The molecule has 3 nitrogen and oxygen atoms in total. The molecule has 0 aliphatic heterocycles. The summed E-state index contributed by atoms with van der Waals surface area (Å²) >= 11 is 6.37. The number of hydrogen-bond acceptors (Lipinski definition) is 3. The molecule has 0 saturated carbocycles. The highest BCUT2D eigenvalue weighted by Crippen LogP contribution is 2.36. The lowest BCUT2D eigenvalue weighted by Gasteiger charge is -2.22. The number of halogens is 1. The van der Waals surface area contributed by atoms with Gasteiger partial charge in [0, 0.05) is 5.02 Å². The summed E-state index contributed by atoms with van der Waals surface area (Å²) in [5, 5.41) is 10.8. The zero-order chi connectivity index (χ0) is 17.8. The normalized spacial score (nSPS) is 14.5. The van der Waals surface area contributed by atoms with Gasteiger partial charge in [-0.1, -0.05) is 35.9 Å². The molecule has 0 bridgehead atoms. The SMILES string of the molecule is Cc1ccc(OCC2=C(c3ccccc3Cl)CCCC2)c(C=O)c1O. The number of carbonyl (C=O) groups is 1. The van der Waals surface area contributed by atoms with E-state index in [9.17, 15) is 9.90 Å². The minimum atomic E-state index is -0.0172. The van der Waals surface area contributed by atoms with Crippen molar-refractivity contribution in [3.8, 4) is 11.5 Å². The molecule has 1 N–H and O–H groups in total. The molecule has 0 fully saturated rings. The number of aldehydes is 1. The van der Waals surface area contributed by atoms with E-state index in [0.29, 0.717) is 24.2 Å². The average Bonchev–Trinajstić information content (AvgIpc) is 2.63. The van der Waals surface area contributed by atoms with Gasteiger partial charge < -0.3 is 9.84 Å². The summed E-state index contributed by atoms with van der Waals surface area (Å²) in [6.07, 6.45) is 4.82. The lowest BCUT2D eigenvalue weighted by atomic mass is 9.87. The maximum Gasteiger partial charge on any atom is 0.157 e. The van der Waals surface area contributed by atoms with E-state index in [1.807, 2.05) is 24.3 Å². The van der Waals surface area contributed by atoms with Crippen molar-refractivity contribution < 1.29 is 14.6 Å². The number of aryl methyl sites for hydroxylation is 1. The summed E-state index contributed by atoms with van der Waals surface area (Å²) in [6, 6.07) is 11.3. The zero-order valence-electron chi connectivity index (χ0n) is 14.2. The Balaban J connectivity index is 1.90. The Morgan fingerprint density at radius 2 is 1.92 bits per heavy atom. The van der Waals surface area contributed by atoms with Crippen molar-refractivity contribution >= 4 is 23.5 Å². The maximum absolute atomic E-state index is 11.3. The molecule has 0 aromatic heterocycles. The van der Waals surface area contributed by atoms with Crippen LogP contribution in [0.1, 0.15) is 47.2 Å². The molecule has 0 amide bonds. The molecule has 2 aromatic rings. The molecule has 1 aliphatic rings. The molecule has 0 heterocycles. The first-order chi connectivity index (χ1) is 12.1. The fourth-order valence-electron chi connectivity index (χ4n) is 3.26. The van der Waals surface area contributed by atoms with Crippen molar-refractivity contribution in [2.24, 2.45) is 0 Å². The summed E-state index contributed by atoms with van der Waals surface area (Å²) in [5.41, 5.74) is 4.36. The van der Waals surface area contributed by atoms with Crippen LogP contribution in [0.4, 0.5) is 0 Å². The fraction of sp³-hybridized carbons (Fsp3) is 0.286. The Kier molecular flexibility index (Phi) is 5.44. The van der Waals surface area contributed by atoms with Crippen molar-refractivity contribution in [3.63, 3.8) is 0 Å². The molecule has 0 atom stereocenters. The van der Waals surface area contributed by atoms with Crippen molar-refractivity contribution in [2.45, 2.75) is 32.6 Å². The van der Waals surface area contributed by atoms with Gasteiger partial charge in [0.05, 0.1) is 5.56 Å². The fourth-order valence-corrected chi connectivity index (χ4v) is 3.51. The van der Waals surface area contributed by atoms with E-state index in [1.54, 1.807) is 19.1 Å². The summed E-state index contributed by atoms with van der Waals surface area (Å²) in [7, 11) is 0. The minimum Gasteiger partial charge on any atom is -0.507 e. The van der Waals surface area contributed by atoms with Gasteiger partial charge in [-0.25, -0.2) is 0 Å². The molecular weight excluding hydrogens is 336 g/mol. The van der Waals surface area contributed by atoms with Crippen LogP contribution in [0.2, 0.25) is 5.02 Å². The van der Waals surface area contributed by atoms with E-state index in [4.69, 9.17) is 16.3 Å². The summed E-state index contributed by atoms with van der Waals surface area (Å²) in [6.45, 7) is 2.15. The van der Waals surface area contributed by atoms with Gasteiger partial charge in [-0.15, -0.1) is 0 Å². The molecular formula is C21H21ClO3. The van der Waals surface area contributed by atoms with Crippen molar-refractivity contribution in [3.05, 3.63) is 63.7 Å². The lowest BCUT2D eigenvalue weighted by Crippen LogP contribution is -2.09. The van der Waals surface area contributed by atoms with Gasteiger partial charge >= 0.3 is 0 Å². The number of allylic oxidation sites excluding steroid dienone is 1. The highest BCUT2D eigenvalue weighted by molar-refractivity contribution is 6.32. The smallest absolute Gasteiger partial charge is 0.157 e. The van der Waals surface area contributed by atoms with Gasteiger partial charge in [0.1, 0.15) is 18.1 Å². The third-order valence-corrected chi connectivity index (χ3v) is 5.01. The Bertz CT molecular complexity index is 824. The van der Waals surface area contributed by atoms with E-state index < -0.39 is 0 Å². The number of benzene rings is 2. The van der Waals surface area contributed by atoms with Crippen LogP contribution in [0.5, 0.6) is 11.5 Å². The molecule has 1 aliphatic carbocycles. The minimum absolute atomic E-state index is 0.0172. The lowest BCUT2D eigenvalue weighted by molar-refractivity contribution is 0.111. The number of hydrogen-bond donors (Lipinski definition) is 1. The van der Waals surface area contributed by atoms with Crippen LogP contribution >= 0.6 is 11.6 Å². The number of phenolic OH excluding ortho intramolecular Hbond substituents is 1. The van der Waals surface area contributed by atoms with Crippen molar-refractivity contribution in [1.82, 2.24) is 0 Å². The Labute approximate surface area is 152 Å². The third-order valence-electron chi connectivity index (χ3n) is 4.68. The first kappa shape index (κ1) is 17.6. The second-order valence-corrected chi connectivity index (χ2v) is 6.73. The van der Waals surface area contributed by atoms with E-state index in [1.165, 1.54) is 11.1 Å². The number of rotatable bonds is 5. The Hall–Kier alpha value is -2.26. The number of phenols is 1. The largest absolute Gasteiger partial charge is 0.507 e. The van der Waals surface area contributed by atoms with Crippen LogP contribution in [0.15, 0.2) is 42.0 Å². The highest BCUT2D eigenvalue weighted by Gasteiger charge is 2.18. The Morgan fingerprint density at radius 1 is 1.16 bits per heavy atom. The molecule has 130 valence electrons. The van der Waals surface area contributed by atoms with Crippen LogP contribution in [-0.4, -0.2) is 18.0 Å². The maximum atomic E-state index is 11.3. The third kappa shape index (κ3) is 3.72. The molecule has 2 aromatic carbocycles. The molecule has 0 radical (unpaired) electrons. The summed E-state index contributed by atoms with van der Waals surface area (Å²) in [5.74, 6) is 0.395. The van der Waals surface area contributed by atoms with Gasteiger partial charge in [0.25, 0.3) is 0 Å². The summed E-state index contributed by atoms with van der Waals surface area (Å²) in [4.78, 5) is 11.3. The van der Waals surface area contributed by atoms with Gasteiger partial charge in [-0.05, 0) is 67.0 Å². The summed E-state index contributed by atoms with van der Waals surface area (Å²) < 4.78 is 5.90. The zero-order valence-corrected chi connectivity index (χ0v) is 15.0. The molecule has 0 unspecified atom stereocenters. The second kappa shape index (κ2) is 7.75. The number of ether oxygens (including phenoxy) is 1. The van der Waals surface area contributed by atoms with E-state index in [-0.39, 0.29) is 11.3 Å². The topological polar surface area (TPSA) is 46.5 Å². The van der Waals surface area contributed by atoms with Crippen molar-refractivity contribution in [1.29, 1.82) is 0 Å². The van der Waals surface area contributed by atoms with E-state index >= 15 is 0 Å². The van der Waals surface area contributed by atoms with Gasteiger partial charge in [0.15, 0.2) is 6.29 Å². The molecule has 0 saturated heterocycles. The quantitative estimate of drug-likeness (QED) is 0.712. The van der Waals surface area contributed by atoms with Gasteiger partial charge in [-0.3, -0.25) is 4.79 Å². The van der Waals surface area contributed by atoms with E-state index in [0.717, 1.165) is 36.3 Å².